The van der Waals surface area contributed by atoms with Crippen LogP contribution < -0.4 is 5.73 Å². The Hall–Kier alpha value is -3.02. The molecule has 6 heteroatoms. The van der Waals surface area contributed by atoms with Crippen LogP contribution in [0.4, 0.5) is 11.5 Å². The van der Waals surface area contributed by atoms with Gasteiger partial charge in [0.05, 0.1) is 21.5 Å². The second-order valence-electron chi connectivity index (χ2n) is 5.16. The highest BCUT2D eigenvalue weighted by Gasteiger charge is 2.19. The Bertz CT molecular complexity index is 906. The molecule has 0 radical (unpaired) electrons. The highest BCUT2D eigenvalue weighted by molar-refractivity contribution is 5.85. The Kier molecular flexibility index (Phi) is 3.21. The summed E-state index contributed by atoms with van der Waals surface area (Å²) in [5.74, 6) is 0.185. The Balaban J connectivity index is 2.30. The predicted molar refractivity (Wildman–Crippen MR) is 85.5 cm³/mol. The number of rotatable bonds is 2. The summed E-state index contributed by atoms with van der Waals surface area (Å²) in [6.07, 6.45) is 0. The molecule has 0 saturated carbocycles. The summed E-state index contributed by atoms with van der Waals surface area (Å²) in [6.45, 7) is 3.97. The van der Waals surface area contributed by atoms with Crippen molar-refractivity contribution in [2.45, 2.75) is 13.8 Å². The number of benzene rings is 2. The van der Waals surface area contributed by atoms with Crippen LogP contribution in [0.5, 0.6) is 0 Å². The van der Waals surface area contributed by atoms with Crippen molar-refractivity contribution in [3.05, 3.63) is 57.6 Å². The van der Waals surface area contributed by atoms with Gasteiger partial charge in [0.1, 0.15) is 5.69 Å². The molecule has 0 saturated heterocycles. The van der Waals surface area contributed by atoms with Crippen LogP contribution in [0.2, 0.25) is 0 Å². The Morgan fingerprint density at radius 3 is 2.27 bits per heavy atom. The summed E-state index contributed by atoms with van der Waals surface area (Å²) in [6, 6.07) is 10.2. The van der Waals surface area contributed by atoms with Crippen LogP contribution in [-0.4, -0.2) is 14.9 Å². The second kappa shape index (κ2) is 5.07. The smallest absolute Gasteiger partial charge is 0.278 e. The lowest BCUT2D eigenvalue weighted by Crippen LogP contribution is -2.01. The normalized spacial score (nSPS) is 10.8. The zero-order valence-electron chi connectivity index (χ0n) is 12.2. The molecule has 6 nitrogen and oxygen atoms in total. The summed E-state index contributed by atoms with van der Waals surface area (Å²) < 4.78 is 0. The second-order valence-corrected chi connectivity index (χ2v) is 5.16. The third kappa shape index (κ3) is 2.24. The number of fused-ring (bicyclic) bond motifs is 1. The van der Waals surface area contributed by atoms with Gasteiger partial charge in [0.2, 0.25) is 0 Å². The van der Waals surface area contributed by atoms with Crippen molar-refractivity contribution in [2.24, 2.45) is 0 Å². The monoisotopic (exact) mass is 294 g/mol. The van der Waals surface area contributed by atoms with E-state index in [1.54, 1.807) is 18.2 Å². The number of anilines is 1. The molecule has 3 aromatic rings. The average Bonchev–Trinajstić information content (AvgIpc) is 2.48. The Morgan fingerprint density at radius 2 is 1.64 bits per heavy atom. The summed E-state index contributed by atoms with van der Waals surface area (Å²) in [5.41, 5.74) is 10.2. The number of nitro benzene ring substituents is 1. The van der Waals surface area contributed by atoms with Crippen LogP contribution >= 0.6 is 0 Å². The summed E-state index contributed by atoms with van der Waals surface area (Å²) in [7, 11) is 0. The first kappa shape index (κ1) is 13.9. The fourth-order valence-corrected chi connectivity index (χ4v) is 2.36. The van der Waals surface area contributed by atoms with Gasteiger partial charge in [-0.2, -0.15) is 0 Å². The first-order valence-electron chi connectivity index (χ1n) is 6.75. The molecule has 2 aromatic carbocycles. The molecule has 0 amide bonds. The Labute approximate surface area is 126 Å². The highest BCUT2D eigenvalue weighted by Crippen LogP contribution is 2.32. The summed E-state index contributed by atoms with van der Waals surface area (Å²) in [4.78, 5) is 19.6. The zero-order chi connectivity index (χ0) is 15.9. The number of para-hydroxylation sites is 1. The molecule has 1 aromatic heterocycles. The van der Waals surface area contributed by atoms with E-state index in [1.165, 1.54) is 6.07 Å². The molecule has 0 atom stereocenters. The first-order valence-corrected chi connectivity index (χ1v) is 6.75. The fourth-order valence-electron chi connectivity index (χ4n) is 2.36. The maximum Gasteiger partial charge on any atom is 0.278 e. The van der Waals surface area contributed by atoms with Crippen molar-refractivity contribution >= 4 is 22.5 Å². The quantitative estimate of drug-likeness (QED) is 0.577. The van der Waals surface area contributed by atoms with Gasteiger partial charge in [-0.25, -0.2) is 9.97 Å². The molecule has 0 aliphatic heterocycles. The van der Waals surface area contributed by atoms with Crippen molar-refractivity contribution in [1.29, 1.82) is 0 Å². The molecular weight excluding hydrogens is 280 g/mol. The van der Waals surface area contributed by atoms with E-state index < -0.39 is 4.92 Å². The standard InChI is InChI=1S/C16H14N4O2/c1-9-7-12-13(8-10(9)2)19-16(17)15(18-12)11-5-3-4-6-14(11)20(21)22/h3-8H,1-2H3,(H2,17,19). The molecule has 0 fully saturated rings. The molecule has 0 bridgehead atoms. The molecule has 0 aliphatic rings. The van der Waals surface area contributed by atoms with E-state index in [4.69, 9.17) is 5.73 Å². The topological polar surface area (TPSA) is 94.9 Å². The maximum atomic E-state index is 11.2. The lowest BCUT2D eigenvalue weighted by molar-refractivity contribution is -0.384. The van der Waals surface area contributed by atoms with Crippen LogP contribution in [0.1, 0.15) is 11.1 Å². The number of nitrogens with two attached hydrogens (primary N) is 1. The van der Waals surface area contributed by atoms with E-state index in [0.717, 1.165) is 11.1 Å². The Morgan fingerprint density at radius 1 is 1.05 bits per heavy atom. The lowest BCUT2D eigenvalue weighted by Gasteiger charge is -2.08. The minimum absolute atomic E-state index is 0.0355. The maximum absolute atomic E-state index is 11.2. The van der Waals surface area contributed by atoms with Crippen molar-refractivity contribution in [1.82, 2.24) is 9.97 Å². The third-order valence-corrected chi connectivity index (χ3v) is 3.66. The summed E-state index contributed by atoms with van der Waals surface area (Å²) in [5, 5.41) is 11.2. The van der Waals surface area contributed by atoms with Crippen molar-refractivity contribution in [3.8, 4) is 11.3 Å². The molecule has 0 unspecified atom stereocenters. The zero-order valence-corrected chi connectivity index (χ0v) is 12.2. The molecule has 0 spiro atoms. The van der Waals surface area contributed by atoms with E-state index in [0.29, 0.717) is 22.3 Å². The number of hydrogen-bond donors (Lipinski definition) is 1. The van der Waals surface area contributed by atoms with Gasteiger partial charge in [0.25, 0.3) is 5.69 Å². The number of nitrogen functional groups attached to an aromatic ring is 1. The molecule has 1 heterocycles. The van der Waals surface area contributed by atoms with Crippen LogP contribution in [0, 0.1) is 24.0 Å². The highest BCUT2D eigenvalue weighted by atomic mass is 16.6. The fraction of sp³-hybridized carbons (Fsp3) is 0.125. The minimum Gasteiger partial charge on any atom is -0.382 e. The van der Waals surface area contributed by atoms with Crippen LogP contribution in [0.3, 0.4) is 0 Å². The van der Waals surface area contributed by atoms with Gasteiger partial charge < -0.3 is 5.73 Å². The number of aryl methyl sites for hydroxylation is 2. The van der Waals surface area contributed by atoms with E-state index >= 15 is 0 Å². The third-order valence-electron chi connectivity index (χ3n) is 3.66. The van der Waals surface area contributed by atoms with Crippen LogP contribution in [0.15, 0.2) is 36.4 Å². The molecule has 110 valence electrons. The van der Waals surface area contributed by atoms with Crippen LogP contribution in [0.25, 0.3) is 22.3 Å². The molecular formula is C16H14N4O2. The predicted octanol–water partition coefficient (Wildman–Crippen LogP) is 3.40. The number of nitro groups is 1. The number of nitrogens with zero attached hydrogens (tertiary/aromatic N) is 3. The average molecular weight is 294 g/mol. The van der Waals surface area contributed by atoms with Crippen LogP contribution in [-0.2, 0) is 0 Å². The van der Waals surface area contributed by atoms with Gasteiger partial charge in [0, 0.05) is 6.07 Å². The van der Waals surface area contributed by atoms with Gasteiger partial charge in [-0.1, -0.05) is 12.1 Å². The van der Waals surface area contributed by atoms with Gasteiger partial charge >= 0.3 is 0 Å². The largest absolute Gasteiger partial charge is 0.382 e. The van der Waals surface area contributed by atoms with E-state index in [9.17, 15) is 10.1 Å². The van der Waals surface area contributed by atoms with Gasteiger partial charge in [0.15, 0.2) is 5.82 Å². The number of aromatic nitrogens is 2. The van der Waals surface area contributed by atoms with Crippen molar-refractivity contribution in [2.75, 3.05) is 5.73 Å². The van der Waals surface area contributed by atoms with Crippen molar-refractivity contribution < 1.29 is 4.92 Å². The minimum atomic E-state index is -0.443. The SMILES string of the molecule is Cc1cc2nc(N)c(-c3ccccc3[N+](=O)[O-])nc2cc1C. The van der Waals surface area contributed by atoms with E-state index in [2.05, 4.69) is 9.97 Å². The van der Waals surface area contributed by atoms with E-state index in [1.807, 2.05) is 26.0 Å². The van der Waals surface area contributed by atoms with Gasteiger partial charge in [-0.15, -0.1) is 0 Å². The molecule has 2 N–H and O–H groups in total. The molecule has 0 aliphatic carbocycles. The molecule has 3 rings (SSSR count). The lowest BCUT2D eigenvalue weighted by atomic mass is 10.1. The van der Waals surface area contributed by atoms with Gasteiger partial charge in [-0.3, -0.25) is 10.1 Å². The number of hydrogen-bond acceptors (Lipinski definition) is 5. The molecule has 22 heavy (non-hydrogen) atoms. The van der Waals surface area contributed by atoms with Gasteiger partial charge in [-0.05, 0) is 43.2 Å². The summed E-state index contributed by atoms with van der Waals surface area (Å²) >= 11 is 0. The first-order chi connectivity index (χ1) is 10.5. The van der Waals surface area contributed by atoms with Crippen molar-refractivity contribution in [3.63, 3.8) is 0 Å². The van der Waals surface area contributed by atoms with E-state index in [-0.39, 0.29) is 11.5 Å².